The molecule has 5 heteroatoms. The molecule has 0 spiro atoms. The molecule has 0 aliphatic heterocycles. The van der Waals surface area contributed by atoms with E-state index in [1.807, 2.05) is 18.2 Å². The molecule has 2 aromatic carbocycles. The molecule has 0 unspecified atom stereocenters. The van der Waals surface area contributed by atoms with Crippen LogP contribution in [0.1, 0.15) is 16.7 Å². The fourth-order valence-electron chi connectivity index (χ4n) is 2.50. The van der Waals surface area contributed by atoms with E-state index in [4.69, 9.17) is 4.74 Å². The first-order chi connectivity index (χ1) is 12.1. The monoisotopic (exact) mass is 340 g/mol. The van der Waals surface area contributed by atoms with Crippen LogP contribution in [0.5, 0.6) is 5.75 Å². The van der Waals surface area contributed by atoms with Crippen LogP contribution in [0.3, 0.4) is 0 Å². The Kier molecular flexibility index (Phi) is 7.29. The summed E-state index contributed by atoms with van der Waals surface area (Å²) < 4.78 is 5.25. The van der Waals surface area contributed by atoms with Crippen LogP contribution in [0.15, 0.2) is 53.5 Å². The SMILES string of the molecule is CN=C(NCc1ccc(CN(C)C)cc1)NCc1cccc(OC)c1. The van der Waals surface area contributed by atoms with E-state index in [2.05, 4.69) is 65.0 Å². The van der Waals surface area contributed by atoms with Crippen molar-refractivity contribution in [2.75, 3.05) is 28.3 Å². The summed E-state index contributed by atoms with van der Waals surface area (Å²) in [4.78, 5) is 6.44. The Bertz CT molecular complexity index is 680. The second-order valence-corrected chi connectivity index (χ2v) is 6.19. The number of rotatable bonds is 7. The lowest BCUT2D eigenvalue weighted by Crippen LogP contribution is -2.36. The zero-order valence-electron chi connectivity index (χ0n) is 15.5. The number of ether oxygens (including phenoxy) is 1. The normalized spacial score (nSPS) is 11.5. The van der Waals surface area contributed by atoms with Crippen molar-refractivity contribution in [3.8, 4) is 5.75 Å². The van der Waals surface area contributed by atoms with Crippen LogP contribution in [-0.4, -0.2) is 39.1 Å². The molecule has 2 aromatic rings. The summed E-state index contributed by atoms with van der Waals surface area (Å²) in [6.45, 7) is 2.39. The standard InChI is InChI=1S/C20H28N4O/c1-21-20(23-14-18-6-5-7-19(12-18)25-4)22-13-16-8-10-17(11-9-16)15-24(2)3/h5-12H,13-15H2,1-4H3,(H2,21,22,23). The lowest BCUT2D eigenvalue weighted by molar-refractivity contribution is 0.402. The van der Waals surface area contributed by atoms with Crippen LogP contribution in [0.25, 0.3) is 0 Å². The minimum Gasteiger partial charge on any atom is -0.497 e. The maximum absolute atomic E-state index is 5.25. The number of methoxy groups -OCH3 is 1. The van der Waals surface area contributed by atoms with Crippen molar-refractivity contribution in [3.63, 3.8) is 0 Å². The number of hydrogen-bond acceptors (Lipinski definition) is 3. The molecule has 0 aliphatic carbocycles. The molecule has 0 aliphatic rings. The number of benzene rings is 2. The Morgan fingerprint density at radius 1 is 0.960 bits per heavy atom. The Labute approximate surface area is 150 Å². The van der Waals surface area contributed by atoms with Crippen molar-refractivity contribution in [2.24, 2.45) is 4.99 Å². The van der Waals surface area contributed by atoms with Gasteiger partial charge in [0.1, 0.15) is 5.75 Å². The van der Waals surface area contributed by atoms with E-state index < -0.39 is 0 Å². The summed E-state index contributed by atoms with van der Waals surface area (Å²) in [5.74, 6) is 1.64. The Morgan fingerprint density at radius 2 is 1.60 bits per heavy atom. The molecule has 0 aromatic heterocycles. The van der Waals surface area contributed by atoms with Gasteiger partial charge in [0, 0.05) is 26.7 Å². The molecular weight excluding hydrogens is 312 g/mol. The smallest absolute Gasteiger partial charge is 0.191 e. The van der Waals surface area contributed by atoms with E-state index in [0.29, 0.717) is 6.54 Å². The third kappa shape index (κ3) is 6.47. The van der Waals surface area contributed by atoms with Crippen LogP contribution in [0.2, 0.25) is 0 Å². The van der Waals surface area contributed by atoms with Gasteiger partial charge in [0.2, 0.25) is 0 Å². The van der Waals surface area contributed by atoms with Gasteiger partial charge < -0.3 is 20.3 Å². The van der Waals surface area contributed by atoms with E-state index >= 15 is 0 Å². The van der Waals surface area contributed by atoms with Crippen molar-refractivity contribution in [1.29, 1.82) is 0 Å². The van der Waals surface area contributed by atoms with E-state index in [0.717, 1.165) is 30.4 Å². The third-order valence-corrected chi connectivity index (χ3v) is 3.80. The maximum atomic E-state index is 5.25. The summed E-state index contributed by atoms with van der Waals surface area (Å²) in [7, 11) is 7.61. The van der Waals surface area contributed by atoms with Crippen LogP contribution in [0, 0.1) is 0 Å². The van der Waals surface area contributed by atoms with E-state index in [1.54, 1.807) is 14.2 Å². The van der Waals surface area contributed by atoms with Crippen LogP contribution < -0.4 is 15.4 Å². The van der Waals surface area contributed by atoms with Gasteiger partial charge in [-0.2, -0.15) is 0 Å². The molecule has 0 radical (unpaired) electrons. The van der Waals surface area contributed by atoms with Gasteiger partial charge in [-0.3, -0.25) is 4.99 Å². The predicted molar refractivity (Wildman–Crippen MR) is 104 cm³/mol. The minimum absolute atomic E-state index is 0.693. The Balaban J connectivity index is 1.83. The highest BCUT2D eigenvalue weighted by Gasteiger charge is 2.01. The highest BCUT2D eigenvalue weighted by atomic mass is 16.5. The first kappa shape index (κ1) is 18.8. The lowest BCUT2D eigenvalue weighted by atomic mass is 10.1. The lowest BCUT2D eigenvalue weighted by Gasteiger charge is -2.13. The highest BCUT2D eigenvalue weighted by Crippen LogP contribution is 2.12. The summed E-state index contributed by atoms with van der Waals surface area (Å²) in [5.41, 5.74) is 3.69. The molecule has 0 atom stereocenters. The molecule has 0 heterocycles. The quantitative estimate of drug-likeness (QED) is 0.601. The van der Waals surface area contributed by atoms with Crippen molar-refractivity contribution in [1.82, 2.24) is 15.5 Å². The summed E-state index contributed by atoms with van der Waals surface area (Å²) >= 11 is 0. The van der Waals surface area contributed by atoms with Crippen LogP contribution >= 0.6 is 0 Å². The zero-order chi connectivity index (χ0) is 18.1. The second-order valence-electron chi connectivity index (χ2n) is 6.19. The molecule has 0 bridgehead atoms. The Morgan fingerprint density at radius 3 is 2.20 bits per heavy atom. The average molecular weight is 340 g/mol. The summed E-state index contributed by atoms with van der Waals surface area (Å²) in [6.07, 6.45) is 0. The largest absolute Gasteiger partial charge is 0.497 e. The van der Waals surface area contributed by atoms with E-state index in [-0.39, 0.29) is 0 Å². The molecule has 0 saturated carbocycles. The fourth-order valence-corrected chi connectivity index (χ4v) is 2.50. The van der Waals surface area contributed by atoms with E-state index in [1.165, 1.54) is 11.1 Å². The number of guanidine groups is 1. The number of nitrogens with zero attached hydrogens (tertiary/aromatic N) is 2. The summed E-state index contributed by atoms with van der Waals surface area (Å²) in [6, 6.07) is 16.7. The van der Waals surface area contributed by atoms with Crippen molar-refractivity contribution >= 4 is 5.96 Å². The van der Waals surface area contributed by atoms with Gasteiger partial charge in [0.05, 0.1) is 7.11 Å². The van der Waals surface area contributed by atoms with Gasteiger partial charge in [0.15, 0.2) is 5.96 Å². The molecule has 2 N–H and O–H groups in total. The second kappa shape index (κ2) is 9.69. The first-order valence-electron chi connectivity index (χ1n) is 8.40. The average Bonchev–Trinajstić information content (AvgIpc) is 2.63. The Hall–Kier alpha value is -2.53. The van der Waals surface area contributed by atoms with Crippen LogP contribution in [0.4, 0.5) is 0 Å². The molecule has 2 rings (SSSR count). The van der Waals surface area contributed by atoms with Gasteiger partial charge in [-0.1, -0.05) is 36.4 Å². The van der Waals surface area contributed by atoms with E-state index in [9.17, 15) is 0 Å². The number of nitrogens with one attached hydrogen (secondary N) is 2. The van der Waals surface area contributed by atoms with Gasteiger partial charge in [-0.25, -0.2) is 0 Å². The maximum Gasteiger partial charge on any atom is 0.191 e. The zero-order valence-corrected chi connectivity index (χ0v) is 15.5. The minimum atomic E-state index is 0.693. The number of hydrogen-bond donors (Lipinski definition) is 2. The predicted octanol–water partition coefficient (Wildman–Crippen LogP) is 2.62. The summed E-state index contributed by atoms with van der Waals surface area (Å²) in [5, 5.41) is 6.66. The van der Waals surface area contributed by atoms with Gasteiger partial charge >= 0.3 is 0 Å². The molecule has 134 valence electrons. The van der Waals surface area contributed by atoms with Gasteiger partial charge in [-0.15, -0.1) is 0 Å². The molecule has 25 heavy (non-hydrogen) atoms. The molecular formula is C20H28N4O. The molecule has 0 fully saturated rings. The van der Waals surface area contributed by atoms with Crippen molar-refractivity contribution in [3.05, 3.63) is 65.2 Å². The fraction of sp³-hybridized carbons (Fsp3) is 0.350. The van der Waals surface area contributed by atoms with Crippen molar-refractivity contribution in [2.45, 2.75) is 19.6 Å². The van der Waals surface area contributed by atoms with Gasteiger partial charge in [-0.05, 0) is 42.9 Å². The first-order valence-corrected chi connectivity index (χ1v) is 8.40. The topological polar surface area (TPSA) is 48.9 Å². The third-order valence-electron chi connectivity index (χ3n) is 3.80. The van der Waals surface area contributed by atoms with Gasteiger partial charge in [0.25, 0.3) is 0 Å². The highest BCUT2D eigenvalue weighted by molar-refractivity contribution is 5.79. The molecule has 0 amide bonds. The van der Waals surface area contributed by atoms with Crippen LogP contribution in [-0.2, 0) is 19.6 Å². The van der Waals surface area contributed by atoms with Crippen molar-refractivity contribution < 1.29 is 4.74 Å². The number of aliphatic imine (C=N–C) groups is 1. The molecule has 5 nitrogen and oxygen atoms in total. The molecule has 0 saturated heterocycles.